The van der Waals surface area contributed by atoms with Crippen LogP contribution < -0.4 is 0 Å². The van der Waals surface area contributed by atoms with Crippen LogP contribution >= 0.6 is 0 Å². The summed E-state index contributed by atoms with van der Waals surface area (Å²) in [7, 11) is 0. The van der Waals surface area contributed by atoms with E-state index in [9.17, 15) is 0 Å². The minimum Gasteiger partial charge on any atom is -0.516 e. The fourth-order valence-corrected chi connectivity index (χ4v) is 1.65. The van der Waals surface area contributed by atoms with Crippen molar-refractivity contribution in [3.63, 3.8) is 0 Å². The molecule has 2 rings (SSSR count). The second kappa shape index (κ2) is 3.97. The molecule has 0 bridgehead atoms. The standard InChI is InChI=1S/C13H12O/c14-10-4-8-12-7-3-6-11-5-1-2-9-13(11)12/h1-7,9-10,14H,8H2. The largest absolute Gasteiger partial charge is 0.516 e. The van der Waals surface area contributed by atoms with E-state index in [0.29, 0.717) is 0 Å². The van der Waals surface area contributed by atoms with Gasteiger partial charge in [0.15, 0.2) is 0 Å². The van der Waals surface area contributed by atoms with E-state index >= 15 is 0 Å². The number of aliphatic hydroxyl groups is 1. The van der Waals surface area contributed by atoms with E-state index in [1.165, 1.54) is 16.3 Å². The highest BCUT2D eigenvalue weighted by molar-refractivity contribution is 5.85. The number of rotatable bonds is 2. The zero-order chi connectivity index (χ0) is 9.80. The summed E-state index contributed by atoms with van der Waals surface area (Å²) in [6.45, 7) is 0. The highest BCUT2D eigenvalue weighted by Crippen LogP contribution is 2.18. The van der Waals surface area contributed by atoms with Crippen LogP contribution in [0.3, 0.4) is 0 Å². The van der Waals surface area contributed by atoms with Crippen molar-refractivity contribution in [1.29, 1.82) is 0 Å². The Balaban J connectivity index is 2.53. The van der Waals surface area contributed by atoms with E-state index in [1.54, 1.807) is 6.08 Å². The van der Waals surface area contributed by atoms with Crippen molar-refractivity contribution < 1.29 is 5.11 Å². The summed E-state index contributed by atoms with van der Waals surface area (Å²) in [6, 6.07) is 14.5. The molecule has 0 unspecified atom stereocenters. The quantitative estimate of drug-likeness (QED) is 0.709. The SMILES string of the molecule is OC=CCc1cccc2ccccc12. The maximum atomic E-state index is 8.62. The predicted molar refractivity (Wildman–Crippen MR) is 59.4 cm³/mol. The highest BCUT2D eigenvalue weighted by atomic mass is 16.2. The van der Waals surface area contributed by atoms with Gasteiger partial charge in [0.05, 0.1) is 6.26 Å². The van der Waals surface area contributed by atoms with Crippen LogP contribution in [0.25, 0.3) is 10.8 Å². The number of aliphatic hydroxyl groups excluding tert-OH is 1. The van der Waals surface area contributed by atoms with E-state index in [2.05, 4.69) is 24.3 Å². The molecule has 2 aromatic rings. The van der Waals surface area contributed by atoms with Gasteiger partial charge in [-0.25, -0.2) is 0 Å². The molecule has 1 N–H and O–H groups in total. The van der Waals surface area contributed by atoms with Crippen LogP contribution in [0, 0.1) is 0 Å². The molecule has 0 aliphatic rings. The molecule has 1 nitrogen and oxygen atoms in total. The number of benzene rings is 2. The third-order valence-electron chi connectivity index (χ3n) is 2.32. The van der Waals surface area contributed by atoms with E-state index in [4.69, 9.17) is 5.11 Å². The van der Waals surface area contributed by atoms with Gasteiger partial charge in [-0.2, -0.15) is 0 Å². The normalized spacial score (nSPS) is 11.1. The molecule has 0 spiro atoms. The summed E-state index contributed by atoms with van der Waals surface area (Å²) in [6.07, 6.45) is 3.63. The summed E-state index contributed by atoms with van der Waals surface area (Å²) >= 11 is 0. The van der Waals surface area contributed by atoms with Crippen molar-refractivity contribution in [2.45, 2.75) is 6.42 Å². The molecular weight excluding hydrogens is 172 g/mol. The summed E-state index contributed by atoms with van der Waals surface area (Å²) in [5.41, 5.74) is 1.24. The Labute approximate surface area is 83.3 Å². The van der Waals surface area contributed by atoms with Crippen molar-refractivity contribution in [2.24, 2.45) is 0 Å². The van der Waals surface area contributed by atoms with E-state index in [1.807, 2.05) is 18.2 Å². The molecular formula is C13H12O. The molecule has 14 heavy (non-hydrogen) atoms. The van der Waals surface area contributed by atoms with Gasteiger partial charge in [0.25, 0.3) is 0 Å². The molecule has 2 aromatic carbocycles. The first-order chi connectivity index (χ1) is 6.92. The number of fused-ring (bicyclic) bond motifs is 1. The Kier molecular flexibility index (Phi) is 2.50. The fraction of sp³-hybridized carbons (Fsp3) is 0.0769. The monoisotopic (exact) mass is 184 g/mol. The van der Waals surface area contributed by atoms with Crippen LogP contribution in [0.2, 0.25) is 0 Å². The average molecular weight is 184 g/mol. The summed E-state index contributed by atoms with van der Waals surface area (Å²) in [5.74, 6) is 0. The second-order valence-corrected chi connectivity index (χ2v) is 3.23. The first kappa shape index (κ1) is 8.82. The van der Waals surface area contributed by atoms with E-state index in [0.717, 1.165) is 12.7 Å². The second-order valence-electron chi connectivity index (χ2n) is 3.23. The highest BCUT2D eigenvalue weighted by Gasteiger charge is 1.97. The van der Waals surface area contributed by atoms with Crippen molar-refractivity contribution >= 4 is 10.8 Å². The molecule has 0 heterocycles. The average Bonchev–Trinajstić information content (AvgIpc) is 2.26. The lowest BCUT2D eigenvalue weighted by Crippen LogP contribution is -1.83. The van der Waals surface area contributed by atoms with Gasteiger partial charge in [0, 0.05) is 0 Å². The summed E-state index contributed by atoms with van der Waals surface area (Å²) in [5, 5.41) is 11.1. The molecule has 0 aliphatic carbocycles. The zero-order valence-corrected chi connectivity index (χ0v) is 7.85. The van der Waals surface area contributed by atoms with Crippen LogP contribution in [-0.2, 0) is 6.42 Å². The molecule has 0 aliphatic heterocycles. The number of hydrogen-bond acceptors (Lipinski definition) is 1. The van der Waals surface area contributed by atoms with Gasteiger partial charge in [-0.05, 0) is 28.8 Å². The van der Waals surface area contributed by atoms with Gasteiger partial charge in [-0.3, -0.25) is 0 Å². The van der Waals surface area contributed by atoms with Gasteiger partial charge >= 0.3 is 0 Å². The van der Waals surface area contributed by atoms with Crippen molar-refractivity contribution in [2.75, 3.05) is 0 Å². The maximum absolute atomic E-state index is 8.62. The lowest BCUT2D eigenvalue weighted by atomic mass is 10.0. The van der Waals surface area contributed by atoms with Crippen LogP contribution in [0.5, 0.6) is 0 Å². The third kappa shape index (κ3) is 1.62. The van der Waals surface area contributed by atoms with Gasteiger partial charge in [-0.15, -0.1) is 0 Å². The van der Waals surface area contributed by atoms with Crippen molar-refractivity contribution in [3.8, 4) is 0 Å². The molecule has 0 saturated carbocycles. The smallest absolute Gasteiger partial charge is 0.0755 e. The molecule has 0 atom stereocenters. The number of allylic oxidation sites excluding steroid dienone is 1. The Morgan fingerprint density at radius 2 is 1.79 bits per heavy atom. The molecule has 70 valence electrons. The first-order valence-electron chi connectivity index (χ1n) is 4.67. The van der Waals surface area contributed by atoms with Crippen LogP contribution in [0.15, 0.2) is 54.8 Å². The Morgan fingerprint density at radius 1 is 1.00 bits per heavy atom. The maximum Gasteiger partial charge on any atom is 0.0755 e. The Hall–Kier alpha value is -1.76. The predicted octanol–water partition coefficient (Wildman–Crippen LogP) is 3.45. The zero-order valence-electron chi connectivity index (χ0n) is 7.85. The molecule has 0 fully saturated rings. The Morgan fingerprint density at radius 3 is 2.64 bits per heavy atom. The molecule has 0 amide bonds. The van der Waals surface area contributed by atoms with Crippen LogP contribution in [0.1, 0.15) is 5.56 Å². The molecule has 0 saturated heterocycles. The topological polar surface area (TPSA) is 20.2 Å². The minimum atomic E-state index is 0.776. The lowest BCUT2D eigenvalue weighted by Gasteiger charge is -2.02. The van der Waals surface area contributed by atoms with Crippen molar-refractivity contribution in [3.05, 3.63) is 60.4 Å². The Bertz CT molecular complexity index is 452. The van der Waals surface area contributed by atoms with E-state index in [-0.39, 0.29) is 0 Å². The van der Waals surface area contributed by atoms with Gasteiger partial charge in [-0.1, -0.05) is 42.5 Å². The first-order valence-corrected chi connectivity index (χ1v) is 4.67. The minimum absolute atomic E-state index is 0.776. The molecule has 0 aromatic heterocycles. The third-order valence-corrected chi connectivity index (χ3v) is 2.32. The lowest BCUT2D eigenvalue weighted by molar-refractivity contribution is 0.471. The fourth-order valence-electron chi connectivity index (χ4n) is 1.65. The van der Waals surface area contributed by atoms with Gasteiger partial charge < -0.3 is 5.11 Å². The van der Waals surface area contributed by atoms with Gasteiger partial charge in [0.2, 0.25) is 0 Å². The van der Waals surface area contributed by atoms with Gasteiger partial charge in [0.1, 0.15) is 0 Å². The van der Waals surface area contributed by atoms with Crippen LogP contribution in [-0.4, -0.2) is 5.11 Å². The summed E-state index contributed by atoms with van der Waals surface area (Å²) < 4.78 is 0. The molecule has 0 radical (unpaired) electrons. The van der Waals surface area contributed by atoms with E-state index < -0.39 is 0 Å². The summed E-state index contributed by atoms with van der Waals surface area (Å²) in [4.78, 5) is 0. The number of hydrogen-bond donors (Lipinski definition) is 1. The van der Waals surface area contributed by atoms with Crippen LogP contribution in [0.4, 0.5) is 0 Å². The van der Waals surface area contributed by atoms with Crippen molar-refractivity contribution in [1.82, 2.24) is 0 Å². The molecule has 1 heteroatoms.